The molecule has 0 unspecified atom stereocenters. The maximum absolute atomic E-state index is 12.0. The maximum atomic E-state index is 12.0. The highest BCUT2D eigenvalue weighted by Gasteiger charge is 2.33. The molecule has 1 amide bonds. The molecule has 0 atom stereocenters. The third kappa shape index (κ3) is 6.64. The Hall–Kier alpha value is -0.600. The zero-order valence-electron chi connectivity index (χ0n) is 10.9. The quantitative estimate of drug-likeness (QED) is 0.410. The van der Waals surface area contributed by atoms with Gasteiger partial charge in [0.15, 0.2) is 5.96 Å². The zero-order valence-corrected chi connectivity index (χ0v) is 12.7. The van der Waals surface area contributed by atoms with Gasteiger partial charge in [0.2, 0.25) is 5.91 Å². The number of rotatable bonds is 4. The summed E-state index contributed by atoms with van der Waals surface area (Å²) < 4.78 is 24.1. The van der Waals surface area contributed by atoms with E-state index in [9.17, 15) is 13.9 Å². The first-order valence-electron chi connectivity index (χ1n) is 5.14. The molecule has 0 aromatic rings. The van der Waals surface area contributed by atoms with Gasteiger partial charge < -0.3 is 14.4 Å². The van der Waals surface area contributed by atoms with Crippen molar-refractivity contribution in [3.05, 3.63) is 0 Å². The molecule has 0 aromatic heterocycles. The van der Waals surface area contributed by atoms with Crippen molar-refractivity contribution < 1.29 is 13.9 Å². The second-order valence-electron chi connectivity index (χ2n) is 4.79. The van der Waals surface area contributed by atoms with E-state index in [1.807, 2.05) is 0 Å². The lowest BCUT2D eigenvalue weighted by Gasteiger charge is -2.26. The highest BCUT2D eigenvalue weighted by atomic mass is 31.2. The molecule has 0 aliphatic carbocycles. The van der Waals surface area contributed by atoms with Crippen molar-refractivity contribution in [2.24, 2.45) is 0 Å². The molecule has 6 nitrogen and oxygen atoms in total. The Morgan fingerprint density at radius 3 is 1.88 bits per heavy atom. The summed E-state index contributed by atoms with van der Waals surface area (Å²) in [7, 11) is -5.05. The minimum atomic E-state index is -2.52. The Labute approximate surface area is 102 Å². The summed E-state index contributed by atoms with van der Waals surface area (Å²) >= 11 is 0. The van der Waals surface area contributed by atoms with Crippen LogP contribution in [0.3, 0.4) is 0 Å². The van der Waals surface area contributed by atoms with Crippen molar-refractivity contribution in [2.45, 2.75) is 12.3 Å². The van der Waals surface area contributed by atoms with Crippen LogP contribution in [0.1, 0.15) is 6.92 Å². The zero-order chi connectivity index (χ0) is 13.9. The van der Waals surface area contributed by atoms with Gasteiger partial charge in [0, 0.05) is 13.5 Å². The third-order valence-electron chi connectivity index (χ3n) is 2.20. The number of guanidine groups is 1. The Balaban J connectivity index is 4.61. The monoisotopic (exact) mass is 281 g/mol. The van der Waals surface area contributed by atoms with Gasteiger partial charge in [-0.3, -0.25) is 15.5 Å². The van der Waals surface area contributed by atoms with Crippen molar-refractivity contribution in [3.8, 4) is 0 Å². The molecule has 3 N–H and O–H groups in total. The molecule has 8 heteroatoms. The predicted octanol–water partition coefficient (Wildman–Crippen LogP) is 1.22. The summed E-state index contributed by atoms with van der Waals surface area (Å²) in [5.74, 6) is -0.518. The van der Waals surface area contributed by atoms with E-state index in [2.05, 4.69) is 10.6 Å². The minimum Gasteiger partial charge on any atom is -0.355 e. The Kier molecular flexibility index (Phi) is 5.63. The Morgan fingerprint density at radius 2 is 1.59 bits per heavy atom. The summed E-state index contributed by atoms with van der Waals surface area (Å²) in [6, 6.07) is 0. The van der Waals surface area contributed by atoms with Gasteiger partial charge in [0.1, 0.15) is 0 Å². The van der Waals surface area contributed by atoms with Crippen LogP contribution in [0, 0.1) is 5.41 Å². The summed E-state index contributed by atoms with van der Waals surface area (Å²) in [6.45, 7) is 7.79. The average Bonchev–Trinajstić information content (AvgIpc) is 1.96. The fourth-order valence-corrected chi connectivity index (χ4v) is 7.94. The summed E-state index contributed by atoms with van der Waals surface area (Å²) in [5, 5.41) is 11.8. The molecule has 0 heterocycles. The van der Waals surface area contributed by atoms with Crippen LogP contribution in [0.5, 0.6) is 0 Å². The van der Waals surface area contributed by atoms with E-state index in [0.29, 0.717) is 0 Å². The lowest BCUT2D eigenvalue weighted by atomic mass is 10.6. The van der Waals surface area contributed by atoms with E-state index >= 15 is 0 Å². The van der Waals surface area contributed by atoms with Crippen LogP contribution in [0.25, 0.3) is 0 Å². The molecular formula is C9H21N3O3P2. The molecule has 0 fully saturated rings. The van der Waals surface area contributed by atoms with Crippen molar-refractivity contribution >= 4 is 26.2 Å². The SMILES string of the molecule is CC(=O)NC(=N)NCC(P(C)(C)=O)P(C)(C)=O. The van der Waals surface area contributed by atoms with Gasteiger partial charge in [-0.25, -0.2) is 0 Å². The Morgan fingerprint density at radius 1 is 1.18 bits per heavy atom. The topological polar surface area (TPSA) is 99.1 Å². The van der Waals surface area contributed by atoms with E-state index < -0.39 is 19.7 Å². The normalized spacial score (nSPS) is 12.4. The fourth-order valence-electron chi connectivity index (χ4n) is 1.52. The van der Waals surface area contributed by atoms with Crippen LogP contribution < -0.4 is 10.6 Å². The van der Waals surface area contributed by atoms with Crippen molar-refractivity contribution in [1.82, 2.24) is 10.6 Å². The van der Waals surface area contributed by atoms with Crippen molar-refractivity contribution in [3.63, 3.8) is 0 Å². The van der Waals surface area contributed by atoms with Gasteiger partial charge in [-0.15, -0.1) is 0 Å². The van der Waals surface area contributed by atoms with E-state index in [4.69, 9.17) is 5.41 Å². The van der Waals surface area contributed by atoms with Crippen LogP contribution in [0.2, 0.25) is 0 Å². The first-order chi connectivity index (χ1) is 7.44. The van der Waals surface area contributed by atoms with Crippen molar-refractivity contribution in [2.75, 3.05) is 33.2 Å². The fraction of sp³-hybridized carbons (Fsp3) is 0.778. The first-order valence-corrected chi connectivity index (χ1v) is 10.5. The van der Waals surface area contributed by atoms with E-state index in [0.717, 1.165) is 0 Å². The molecule has 100 valence electrons. The second-order valence-corrected chi connectivity index (χ2v) is 12.2. The van der Waals surface area contributed by atoms with Gasteiger partial charge in [-0.05, 0) is 26.7 Å². The highest BCUT2D eigenvalue weighted by molar-refractivity contribution is 7.80. The first kappa shape index (κ1) is 16.4. The number of nitrogens with one attached hydrogen (secondary N) is 3. The van der Waals surface area contributed by atoms with E-state index in [1.54, 1.807) is 26.7 Å². The molecule has 0 bridgehead atoms. The standard InChI is InChI=1S/C9H21N3O3P2/c1-7(13)12-9(10)11-6-8(16(2,3)14)17(4,5)15/h8H,6H2,1-5H3,(H3,10,11,12,13). The highest BCUT2D eigenvalue weighted by Crippen LogP contribution is 2.60. The van der Waals surface area contributed by atoms with Crippen LogP contribution in [0.4, 0.5) is 0 Å². The molecule has 17 heavy (non-hydrogen) atoms. The van der Waals surface area contributed by atoms with Gasteiger partial charge in [-0.1, -0.05) is 0 Å². The number of hydrogen-bond acceptors (Lipinski definition) is 4. The smallest absolute Gasteiger partial charge is 0.223 e. The summed E-state index contributed by atoms with van der Waals surface area (Å²) in [5.41, 5.74) is 0. The average molecular weight is 281 g/mol. The molecule has 0 saturated carbocycles. The summed E-state index contributed by atoms with van der Waals surface area (Å²) in [6.07, 6.45) is 0. The van der Waals surface area contributed by atoms with Gasteiger partial charge in [0.25, 0.3) is 0 Å². The molecule has 0 rings (SSSR count). The maximum Gasteiger partial charge on any atom is 0.223 e. The molecule has 0 aliphatic rings. The second kappa shape index (κ2) is 5.83. The van der Waals surface area contributed by atoms with Gasteiger partial charge in [-0.2, -0.15) is 0 Å². The number of amides is 1. The number of carbonyl (C=O) groups is 1. The lowest BCUT2D eigenvalue weighted by molar-refractivity contribution is -0.117. The molecule has 0 aromatic carbocycles. The largest absolute Gasteiger partial charge is 0.355 e. The third-order valence-corrected chi connectivity index (χ3v) is 8.77. The number of hydrogen-bond donors (Lipinski definition) is 3. The van der Waals surface area contributed by atoms with Crippen LogP contribution >= 0.6 is 14.3 Å². The summed E-state index contributed by atoms with van der Waals surface area (Å²) in [4.78, 5) is 10.7. The predicted molar refractivity (Wildman–Crippen MR) is 72.2 cm³/mol. The molecule has 0 saturated heterocycles. The lowest BCUT2D eigenvalue weighted by Crippen LogP contribution is -2.42. The molecular weight excluding hydrogens is 260 g/mol. The van der Waals surface area contributed by atoms with Crippen LogP contribution in [0.15, 0.2) is 0 Å². The Bertz CT molecular complexity index is 374. The molecule has 0 radical (unpaired) electrons. The van der Waals surface area contributed by atoms with Gasteiger partial charge in [0.05, 0.1) is 19.7 Å². The van der Waals surface area contributed by atoms with Crippen molar-refractivity contribution in [1.29, 1.82) is 5.41 Å². The molecule has 0 aliphatic heterocycles. The van der Waals surface area contributed by atoms with Crippen LogP contribution in [-0.2, 0) is 13.9 Å². The minimum absolute atomic E-state index is 0.160. The number of carbonyl (C=O) groups excluding carboxylic acids is 1. The van der Waals surface area contributed by atoms with E-state index in [-0.39, 0.29) is 18.4 Å². The van der Waals surface area contributed by atoms with E-state index in [1.165, 1.54) is 6.92 Å². The molecule has 0 spiro atoms. The van der Waals surface area contributed by atoms with Gasteiger partial charge >= 0.3 is 0 Å². The van der Waals surface area contributed by atoms with Crippen LogP contribution in [-0.4, -0.2) is 50.5 Å².